The molecular weight excluding hydrogens is 240 g/mol. The summed E-state index contributed by atoms with van der Waals surface area (Å²) >= 11 is 0. The van der Waals surface area contributed by atoms with E-state index in [9.17, 15) is 4.79 Å². The van der Waals surface area contributed by atoms with Crippen LogP contribution in [0.2, 0.25) is 0 Å². The van der Waals surface area contributed by atoms with Gasteiger partial charge in [0.1, 0.15) is 5.82 Å². The number of carboxylic acids is 1. The van der Waals surface area contributed by atoms with Gasteiger partial charge in [-0.15, -0.1) is 0 Å². The van der Waals surface area contributed by atoms with Gasteiger partial charge in [-0.3, -0.25) is 0 Å². The van der Waals surface area contributed by atoms with E-state index in [4.69, 9.17) is 5.11 Å². The molecule has 0 bridgehead atoms. The van der Waals surface area contributed by atoms with Crippen molar-refractivity contribution in [3.63, 3.8) is 0 Å². The number of aromatic nitrogens is 1. The lowest BCUT2D eigenvalue weighted by Gasteiger charge is -2.20. The number of nitrogens with zero attached hydrogens (tertiary/aromatic N) is 1. The highest BCUT2D eigenvalue weighted by Gasteiger charge is 2.10. The van der Waals surface area contributed by atoms with Gasteiger partial charge in [0, 0.05) is 19.3 Å². The van der Waals surface area contributed by atoms with Gasteiger partial charge in [0.15, 0.2) is 0 Å². The lowest BCUT2D eigenvalue weighted by Crippen LogP contribution is -2.24. The second-order valence-corrected chi connectivity index (χ2v) is 5.05. The molecule has 1 aromatic rings. The van der Waals surface area contributed by atoms with Crippen molar-refractivity contribution in [2.75, 3.05) is 18.0 Å². The first-order chi connectivity index (χ1) is 8.90. The maximum atomic E-state index is 10.9. The van der Waals surface area contributed by atoms with Crippen molar-refractivity contribution in [3.8, 4) is 0 Å². The molecule has 19 heavy (non-hydrogen) atoms. The van der Waals surface area contributed by atoms with Gasteiger partial charge in [0.2, 0.25) is 0 Å². The summed E-state index contributed by atoms with van der Waals surface area (Å²) in [6, 6.07) is 1.67. The smallest absolute Gasteiger partial charge is 0.337 e. The lowest BCUT2D eigenvalue weighted by atomic mass is 10.2. The fourth-order valence-corrected chi connectivity index (χ4v) is 1.55. The Morgan fingerprint density at radius 1 is 1.21 bits per heavy atom. The van der Waals surface area contributed by atoms with Crippen molar-refractivity contribution >= 4 is 11.8 Å². The molecule has 4 nitrogen and oxygen atoms in total. The zero-order valence-electron chi connectivity index (χ0n) is 12.0. The first-order valence-corrected chi connectivity index (χ1v) is 6.33. The number of aromatic amines is 1. The molecule has 0 aliphatic heterocycles. The predicted molar refractivity (Wildman–Crippen MR) is 78.8 cm³/mol. The number of hydrogen-bond acceptors (Lipinski definition) is 2. The van der Waals surface area contributed by atoms with Crippen molar-refractivity contribution in [1.29, 1.82) is 0 Å². The second kappa shape index (κ2) is 6.83. The number of H-pyrrole nitrogens is 1. The number of carbonyl (C=O) groups is 1. The third-order valence-electron chi connectivity index (χ3n) is 2.70. The third kappa shape index (κ3) is 5.04. The summed E-state index contributed by atoms with van der Waals surface area (Å²) in [6.07, 6.45) is 5.77. The molecule has 2 N–H and O–H groups in total. The molecule has 104 valence electrons. The third-order valence-corrected chi connectivity index (χ3v) is 2.70. The Balaban J connectivity index is 2.90. The van der Waals surface area contributed by atoms with Crippen molar-refractivity contribution in [2.24, 2.45) is 0 Å². The highest BCUT2D eigenvalue weighted by molar-refractivity contribution is 5.88. The van der Waals surface area contributed by atoms with Crippen LogP contribution in [0.5, 0.6) is 0 Å². The largest absolute Gasteiger partial charge is 0.478 e. The molecule has 0 atom stereocenters. The zero-order valence-corrected chi connectivity index (χ0v) is 12.0. The van der Waals surface area contributed by atoms with Crippen LogP contribution in [0.15, 0.2) is 35.6 Å². The molecule has 1 aromatic heterocycles. The molecule has 0 radical (unpaired) electrons. The predicted octanol–water partition coefficient (Wildman–Crippen LogP) is 3.45. The highest BCUT2D eigenvalue weighted by Crippen LogP contribution is 2.15. The molecule has 1 rings (SSSR count). The van der Waals surface area contributed by atoms with Crippen LogP contribution in [0.3, 0.4) is 0 Å². The topological polar surface area (TPSA) is 56.3 Å². The SMILES string of the molecule is CC(C)=CCN(CC=C(C)C)c1cc(C(=O)O)c[nH]1. The van der Waals surface area contributed by atoms with Crippen molar-refractivity contribution in [2.45, 2.75) is 27.7 Å². The maximum absolute atomic E-state index is 10.9. The molecule has 0 unspecified atom stereocenters. The van der Waals surface area contributed by atoms with E-state index in [0.29, 0.717) is 0 Å². The van der Waals surface area contributed by atoms with Gasteiger partial charge in [-0.05, 0) is 33.8 Å². The zero-order chi connectivity index (χ0) is 14.4. The maximum Gasteiger partial charge on any atom is 0.337 e. The normalized spacial score (nSPS) is 9.89. The Morgan fingerprint density at radius 3 is 2.11 bits per heavy atom. The Labute approximate surface area is 114 Å². The Bertz CT molecular complexity index is 470. The fraction of sp³-hybridized carbons (Fsp3) is 0.400. The monoisotopic (exact) mass is 262 g/mol. The van der Waals surface area contributed by atoms with Crippen LogP contribution >= 0.6 is 0 Å². The van der Waals surface area contributed by atoms with Crippen LogP contribution in [0, 0.1) is 0 Å². The second-order valence-electron chi connectivity index (χ2n) is 5.05. The molecule has 0 amide bonds. The minimum atomic E-state index is -0.910. The first-order valence-electron chi connectivity index (χ1n) is 6.33. The van der Waals surface area contributed by atoms with E-state index in [-0.39, 0.29) is 5.56 Å². The summed E-state index contributed by atoms with van der Waals surface area (Å²) in [5.41, 5.74) is 2.77. The molecule has 0 aliphatic carbocycles. The molecule has 0 fully saturated rings. The van der Waals surface area contributed by atoms with E-state index < -0.39 is 5.97 Å². The summed E-state index contributed by atoms with van der Waals surface area (Å²) in [5, 5.41) is 8.95. The summed E-state index contributed by atoms with van der Waals surface area (Å²) in [5.74, 6) is -0.0840. The van der Waals surface area contributed by atoms with Crippen LogP contribution in [-0.4, -0.2) is 29.1 Å². The van der Waals surface area contributed by atoms with Crippen LogP contribution in [0.25, 0.3) is 0 Å². The number of aromatic carboxylic acids is 1. The fourth-order valence-electron chi connectivity index (χ4n) is 1.55. The summed E-state index contributed by atoms with van der Waals surface area (Å²) < 4.78 is 0. The van der Waals surface area contributed by atoms with Gasteiger partial charge in [-0.2, -0.15) is 0 Å². The van der Waals surface area contributed by atoms with Gasteiger partial charge in [-0.1, -0.05) is 23.3 Å². The van der Waals surface area contributed by atoms with Crippen molar-refractivity contribution < 1.29 is 9.90 Å². The minimum absolute atomic E-state index is 0.286. The molecule has 0 aliphatic rings. The van der Waals surface area contributed by atoms with E-state index in [1.165, 1.54) is 17.3 Å². The molecule has 0 aromatic carbocycles. The van der Waals surface area contributed by atoms with Gasteiger partial charge in [-0.25, -0.2) is 4.79 Å². The van der Waals surface area contributed by atoms with Crippen molar-refractivity contribution in [1.82, 2.24) is 4.98 Å². The first kappa shape index (κ1) is 15.1. The van der Waals surface area contributed by atoms with Gasteiger partial charge < -0.3 is 15.0 Å². The number of carboxylic acid groups (broad SMARTS) is 1. The Hall–Kier alpha value is -1.97. The van der Waals surface area contributed by atoms with Crippen LogP contribution < -0.4 is 4.90 Å². The Kier molecular flexibility index (Phi) is 5.42. The molecule has 0 saturated carbocycles. The average Bonchev–Trinajstić information content (AvgIpc) is 2.77. The van der Waals surface area contributed by atoms with Crippen LogP contribution in [0.4, 0.5) is 5.82 Å². The summed E-state index contributed by atoms with van der Waals surface area (Å²) in [4.78, 5) is 16.0. The number of allylic oxidation sites excluding steroid dienone is 2. The Morgan fingerprint density at radius 2 is 1.74 bits per heavy atom. The van der Waals surface area contributed by atoms with Gasteiger partial charge in [0.05, 0.1) is 5.56 Å². The number of hydrogen-bond donors (Lipinski definition) is 2. The molecule has 4 heteroatoms. The van der Waals surface area contributed by atoms with Gasteiger partial charge in [0.25, 0.3) is 0 Å². The van der Waals surface area contributed by atoms with Crippen LogP contribution in [0.1, 0.15) is 38.1 Å². The molecule has 1 heterocycles. The number of anilines is 1. The molecular formula is C15H22N2O2. The van der Waals surface area contributed by atoms with E-state index in [2.05, 4.69) is 49.7 Å². The number of rotatable bonds is 6. The van der Waals surface area contributed by atoms with E-state index in [1.54, 1.807) is 6.07 Å². The highest BCUT2D eigenvalue weighted by atomic mass is 16.4. The van der Waals surface area contributed by atoms with E-state index >= 15 is 0 Å². The summed E-state index contributed by atoms with van der Waals surface area (Å²) in [6.45, 7) is 9.72. The van der Waals surface area contributed by atoms with Crippen molar-refractivity contribution in [3.05, 3.63) is 41.1 Å². The average molecular weight is 262 g/mol. The standard InChI is InChI=1S/C15H22N2O2/c1-11(2)5-7-17(8-6-12(3)4)14-9-13(10-16-14)15(18)19/h5-6,9-10,16H,7-8H2,1-4H3,(H,18,19). The minimum Gasteiger partial charge on any atom is -0.478 e. The number of nitrogens with one attached hydrogen (secondary N) is 1. The lowest BCUT2D eigenvalue weighted by molar-refractivity contribution is 0.0697. The van der Waals surface area contributed by atoms with Gasteiger partial charge >= 0.3 is 5.97 Å². The molecule has 0 spiro atoms. The molecule has 0 saturated heterocycles. The van der Waals surface area contributed by atoms with E-state index in [1.807, 2.05) is 0 Å². The van der Waals surface area contributed by atoms with Crippen LogP contribution in [-0.2, 0) is 0 Å². The van der Waals surface area contributed by atoms with E-state index in [0.717, 1.165) is 18.9 Å². The summed E-state index contributed by atoms with van der Waals surface area (Å²) in [7, 11) is 0. The quantitative estimate of drug-likeness (QED) is 0.772.